The molecule has 1 rings (SSSR count). The molecule has 0 aromatic heterocycles. The molecule has 1 aromatic carbocycles. The summed E-state index contributed by atoms with van der Waals surface area (Å²) in [4.78, 5) is 12.0. The van der Waals surface area contributed by atoms with Gasteiger partial charge in [0.1, 0.15) is 0 Å². The molecule has 0 saturated carbocycles. The van der Waals surface area contributed by atoms with Crippen LogP contribution in [-0.4, -0.2) is 12.1 Å². The van der Waals surface area contributed by atoms with Crippen LogP contribution in [0.1, 0.15) is 57.0 Å². The van der Waals surface area contributed by atoms with Crippen molar-refractivity contribution >= 4 is 5.97 Å². The average Bonchev–Trinajstić information content (AvgIpc) is 2.37. The Hall–Kier alpha value is -1.75. The Labute approximate surface area is 116 Å². The lowest BCUT2D eigenvalue weighted by Gasteiger charge is -2.19. The standard InChI is InChI=1S/C17H22O2/c1-6-8-15(7-2)19-16(18)13-9-11-14(12-10-13)17(3,4)5/h9-12,15H,7H2,1-5H3. The SMILES string of the molecule is CC#CC(CC)OC(=O)c1ccc(C(C)(C)C)cc1. The van der Waals surface area contributed by atoms with Gasteiger partial charge >= 0.3 is 5.97 Å². The van der Waals surface area contributed by atoms with Crippen molar-refractivity contribution < 1.29 is 9.53 Å². The van der Waals surface area contributed by atoms with E-state index in [1.807, 2.05) is 31.2 Å². The first-order valence-electron chi connectivity index (χ1n) is 6.62. The Morgan fingerprint density at radius 2 is 1.84 bits per heavy atom. The van der Waals surface area contributed by atoms with Crippen molar-refractivity contribution in [3.63, 3.8) is 0 Å². The maximum absolute atomic E-state index is 12.0. The van der Waals surface area contributed by atoms with Crippen LogP contribution < -0.4 is 0 Å². The number of hydrogen-bond acceptors (Lipinski definition) is 2. The molecule has 0 spiro atoms. The topological polar surface area (TPSA) is 26.3 Å². The summed E-state index contributed by atoms with van der Waals surface area (Å²) in [5.74, 6) is 5.34. The van der Waals surface area contributed by atoms with Crippen molar-refractivity contribution in [1.82, 2.24) is 0 Å². The molecule has 0 aliphatic rings. The van der Waals surface area contributed by atoms with Crippen molar-refractivity contribution in [2.75, 3.05) is 0 Å². The Balaban J connectivity index is 2.80. The second-order valence-electron chi connectivity index (χ2n) is 5.52. The third-order valence-corrected chi connectivity index (χ3v) is 2.91. The molecule has 2 nitrogen and oxygen atoms in total. The van der Waals surface area contributed by atoms with Gasteiger partial charge in [0.25, 0.3) is 0 Å². The summed E-state index contributed by atoms with van der Waals surface area (Å²) in [7, 11) is 0. The fraction of sp³-hybridized carbons (Fsp3) is 0.471. The third kappa shape index (κ3) is 4.44. The summed E-state index contributed by atoms with van der Waals surface area (Å²) in [6.45, 7) is 10.1. The molecule has 1 aromatic rings. The summed E-state index contributed by atoms with van der Waals surface area (Å²) < 4.78 is 5.34. The Kier molecular flexibility index (Phi) is 5.18. The second kappa shape index (κ2) is 6.43. The van der Waals surface area contributed by atoms with Gasteiger partial charge in [-0.05, 0) is 36.5 Å². The number of esters is 1. The number of carbonyl (C=O) groups is 1. The van der Waals surface area contributed by atoms with Gasteiger partial charge in [0.05, 0.1) is 5.56 Å². The molecule has 0 saturated heterocycles. The fourth-order valence-electron chi connectivity index (χ4n) is 1.68. The van der Waals surface area contributed by atoms with Crippen LogP contribution in [0, 0.1) is 11.8 Å². The normalized spacial score (nSPS) is 12.3. The van der Waals surface area contributed by atoms with Crippen molar-refractivity contribution in [2.45, 2.75) is 52.6 Å². The van der Waals surface area contributed by atoms with Crippen LogP contribution in [-0.2, 0) is 10.2 Å². The van der Waals surface area contributed by atoms with Crippen LogP contribution in [0.5, 0.6) is 0 Å². The van der Waals surface area contributed by atoms with Gasteiger partial charge in [-0.2, -0.15) is 0 Å². The monoisotopic (exact) mass is 258 g/mol. The van der Waals surface area contributed by atoms with E-state index in [0.717, 1.165) is 0 Å². The van der Waals surface area contributed by atoms with E-state index >= 15 is 0 Å². The summed E-state index contributed by atoms with van der Waals surface area (Å²) in [5.41, 5.74) is 1.86. The maximum atomic E-state index is 12.0. The van der Waals surface area contributed by atoms with Crippen LogP contribution in [0.3, 0.4) is 0 Å². The van der Waals surface area contributed by atoms with E-state index in [-0.39, 0.29) is 17.5 Å². The van der Waals surface area contributed by atoms with Gasteiger partial charge in [-0.3, -0.25) is 0 Å². The van der Waals surface area contributed by atoms with Crippen LogP contribution in [0.25, 0.3) is 0 Å². The van der Waals surface area contributed by atoms with E-state index in [1.165, 1.54) is 5.56 Å². The third-order valence-electron chi connectivity index (χ3n) is 2.91. The lowest BCUT2D eigenvalue weighted by atomic mass is 9.87. The Bertz CT molecular complexity index is 481. The zero-order valence-electron chi connectivity index (χ0n) is 12.4. The molecule has 0 heterocycles. The first-order chi connectivity index (χ1) is 8.88. The number of carbonyl (C=O) groups excluding carboxylic acids is 1. The van der Waals surface area contributed by atoms with Crippen LogP contribution in [0.15, 0.2) is 24.3 Å². The van der Waals surface area contributed by atoms with Crippen molar-refractivity contribution in [1.29, 1.82) is 0 Å². The molecule has 1 unspecified atom stereocenters. The zero-order chi connectivity index (χ0) is 14.5. The molecule has 0 fully saturated rings. The molecule has 1 atom stereocenters. The molecule has 0 bridgehead atoms. The molecule has 0 N–H and O–H groups in total. The predicted octanol–water partition coefficient (Wildman–Crippen LogP) is 3.94. The highest BCUT2D eigenvalue weighted by Crippen LogP contribution is 2.22. The summed E-state index contributed by atoms with van der Waals surface area (Å²) in [6.07, 6.45) is 0.381. The van der Waals surface area contributed by atoms with Gasteiger partial charge in [-0.25, -0.2) is 4.79 Å². The second-order valence-corrected chi connectivity index (χ2v) is 5.52. The van der Waals surface area contributed by atoms with Gasteiger partial charge in [0.2, 0.25) is 0 Å². The molecular weight excluding hydrogens is 236 g/mol. The van der Waals surface area contributed by atoms with E-state index in [2.05, 4.69) is 32.6 Å². The summed E-state index contributed by atoms with van der Waals surface area (Å²) in [5, 5.41) is 0. The van der Waals surface area contributed by atoms with Crippen LogP contribution >= 0.6 is 0 Å². The molecule has 2 heteroatoms. The van der Waals surface area contributed by atoms with Crippen molar-refractivity contribution in [2.24, 2.45) is 0 Å². The molecular formula is C17H22O2. The van der Waals surface area contributed by atoms with Crippen molar-refractivity contribution in [3.05, 3.63) is 35.4 Å². The molecule has 102 valence electrons. The highest BCUT2D eigenvalue weighted by atomic mass is 16.5. The van der Waals surface area contributed by atoms with Crippen LogP contribution in [0.2, 0.25) is 0 Å². The molecule has 0 aliphatic carbocycles. The summed E-state index contributed by atoms with van der Waals surface area (Å²) >= 11 is 0. The van der Waals surface area contributed by atoms with E-state index in [1.54, 1.807) is 6.92 Å². The lowest BCUT2D eigenvalue weighted by molar-refractivity contribution is 0.0404. The quantitative estimate of drug-likeness (QED) is 0.606. The van der Waals surface area contributed by atoms with Gasteiger partial charge in [-0.1, -0.05) is 45.7 Å². The largest absolute Gasteiger partial charge is 0.446 e. The minimum atomic E-state index is -0.320. The maximum Gasteiger partial charge on any atom is 0.339 e. The predicted molar refractivity (Wildman–Crippen MR) is 78.1 cm³/mol. The lowest BCUT2D eigenvalue weighted by Crippen LogP contribution is -2.16. The van der Waals surface area contributed by atoms with Gasteiger partial charge in [0.15, 0.2) is 6.10 Å². The number of rotatable bonds is 3. The van der Waals surface area contributed by atoms with Gasteiger partial charge < -0.3 is 4.74 Å². The minimum absolute atomic E-state index is 0.0854. The first-order valence-corrected chi connectivity index (χ1v) is 6.62. The molecule has 0 aliphatic heterocycles. The molecule has 19 heavy (non-hydrogen) atoms. The van der Waals surface area contributed by atoms with E-state index in [9.17, 15) is 4.79 Å². The van der Waals surface area contributed by atoms with Crippen molar-refractivity contribution in [3.8, 4) is 11.8 Å². The van der Waals surface area contributed by atoms with E-state index < -0.39 is 0 Å². The highest BCUT2D eigenvalue weighted by molar-refractivity contribution is 5.89. The minimum Gasteiger partial charge on any atom is -0.446 e. The van der Waals surface area contributed by atoms with E-state index in [4.69, 9.17) is 4.74 Å². The van der Waals surface area contributed by atoms with E-state index in [0.29, 0.717) is 12.0 Å². The zero-order valence-corrected chi connectivity index (χ0v) is 12.4. The first kappa shape index (κ1) is 15.3. The summed E-state index contributed by atoms with van der Waals surface area (Å²) in [6, 6.07) is 7.58. The highest BCUT2D eigenvalue weighted by Gasteiger charge is 2.16. The number of ether oxygens (including phenoxy) is 1. The smallest absolute Gasteiger partial charge is 0.339 e. The number of benzene rings is 1. The van der Waals surface area contributed by atoms with Gasteiger partial charge in [0, 0.05) is 0 Å². The van der Waals surface area contributed by atoms with Gasteiger partial charge in [-0.15, -0.1) is 5.92 Å². The molecule has 0 radical (unpaired) electrons. The number of hydrogen-bond donors (Lipinski definition) is 0. The fourth-order valence-corrected chi connectivity index (χ4v) is 1.68. The average molecular weight is 258 g/mol. The molecule has 0 amide bonds. The van der Waals surface area contributed by atoms with Crippen LogP contribution in [0.4, 0.5) is 0 Å². The Morgan fingerprint density at radius 1 is 1.26 bits per heavy atom. The Morgan fingerprint density at radius 3 is 2.26 bits per heavy atom.